The number of nitrogens with zero attached hydrogens (tertiary/aromatic N) is 2. The van der Waals surface area contributed by atoms with Crippen molar-refractivity contribution in [2.75, 3.05) is 0 Å². The fraction of sp³-hybridized carbons (Fsp3) is 0. The van der Waals surface area contributed by atoms with Gasteiger partial charge in [0.25, 0.3) is 11.6 Å². The molecule has 0 aliphatic carbocycles. The van der Waals surface area contributed by atoms with Crippen molar-refractivity contribution in [2.45, 2.75) is 0 Å². The van der Waals surface area contributed by atoms with E-state index in [2.05, 4.69) is 10.3 Å². The molecule has 0 bridgehead atoms. The van der Waals surface area contributed by atoms with Gasteiger partial charge in [-0.15, -0.1) is 0 Å². The van der Waals surface area contributed by atoms with Gasteiger partial charge in [0.05, 0.1) is 20.5 Å². The molecule has 2 aromatic carbocycles. The van der Waals surface area contributed by atoms with E-state index in [1.165, 1.54) is 30.3 Å². The van der Waals surface area contributed by atoms with Gasteiger partial charge in [-0.05, 0) is 42.1 Å². The summed E-state index contributed by atoms with van der Waals surface area (Å²) in [6.07, 6.45) is 1.54. The molecule has 1 fully saturated rings. The molecular formula is C20H11ClFN3O4S. The van der Waals surface area contributed by atoms with Gasteiger partial charge in [-0.25, -0.2) is 9.38 Å². The monoisotopic (exact) mass is 443 g/mol. The highest BCUT2D eigenvalue weighted by Crippen LogP contribution is 2.31. The number of amides is 1. The summed E-state index contributed by atoms with van der Waals surface area (Å²) >= 11 is 6.84. The second-order valence-corrected chi connectivity index (χ2v) is 7.53. The number of halogens is 2. The molecule has 1 aliphatic rings. The Bertz CT molecular complexity index is 1240. The van der Waals surface area contributed by atoms with Crippen LogP contribution in [0.15, 0.2) is 68.9 Å². The Balaban J connectivity index is 1.55. The van der Waals surface area contributed by atoms with Crippen molar-refractivity contribution in [3.8, 4) is 11.3 Å². The predicted octanol–water partition coefficient (Wildman–Crippen LogP) is 5.54. The van der Waals surface area contributed by atoms with Crippen LogP contribution < -0.4 is 5.32 Å². The Kier molecular flexibility index (Phi) is 5.39. The van der Waals surface area contributed by atoms with Crippen molar-refractivity contribution in [2.24, 2.45) is 4.99 Å². The average molecular weight is 444 g/mol. The normalized spacial score (nSPS) is 16.3. The molecule has 150 valence electrons. The Hall–Kier alpha value is -3.43. The van der Waals surface area contributed by atoms with E-state index in [1.54, 1.807) is 30.3 Å². The number of rotatable bonds is 4. The summed E-state index contributed by atoms with van der Waals surface area (Å²) in [5.74, 6) is -0.0778. The minimum absolute atomic E-state index is 0.0451. The number of hydrogen-bond donors (Lipinski definition) is 1. The van der Waals surface area contributed by atoms with Gasteiger partial charge >= 0.3 is 0 Å². The molecule has 0 atom stereocenters. The van der Waals surface area contributed by atoms with Crippen LogP contribution in [0.3, 0.4) is 0 Å². The molecule has 4 rings (SSSR count). The minimum Gasteiger partial charge on any atom is -0.457 e. The van der Waals surface area contributed by atoms with Gasteiger partial charge < -0.3 is 9.73 Å². The highest BCUT2D eigenvalue weighted by Gasteiger charge is 2.24. The summed E-state index contributed by atoms with van der Waals surface area (Å²) in [4.78, 5) is 27.3. The molecule has 1 aliphatic heterocycles. The maximum atomic E-state index is 13.3. The van der Waals surface area contributed by atoms with Crippen molar-refractivity contribution < 1.29 is 18.5 Å². The van der Waals surface area contributed by atoms with Gasteiger partial charge in [-0.3, -0.25) is 14.9 Å². The molecule has 30 heavy (non-hydrogen) atoms. The van der Waals surface area contributed by atoms with E-state index < -0.39 is 10.7 Å². The first-order valence-electron chi connectivity index (χ1n) is 8.48. The highest BCUT2D eigenvalue weighted by atomic mass is 35.5. The number of non-ortho nitro benzene ring substituents is 1. The summed E-state index contributed by atoms with van der Waals surface area (Å²) in [5.41, 5.74) is 0.903. The molecule has 1 aromatic heterocycles. The van der Waals surface area contributed by atoms with Crippen molar-refractivity contribution in [3.05, 3.63) is 86.2 Å². The molecule has 1 N–H and O–H groups in total. The number of thioether (sulfide) groups is 1. The molecule has 0 spiro atoms. The van der Waals surface area contributed by atoms with Crippen LogP contribution in [0, 0.1) is 15.9 Å². The Labute approximate surface area is 178 Å². The molecular weight excluding hydrogens is 433 g/mol. The summed E-state index contributed by atoms with van der Waals surface area (Å²) in [6, 6.07) is 13.4. The van der Waals surface area contributed by atoms with Gasteiger partial charge in [-0.1, -0.05) is 23.7 Å². The molecule has 0 radical (unpaired) electrons. The third kappa shape index (κ3) is 4.27. The van der Waals surface area contributed by atoms with Crippen LogP contribution in [0.1, 0.15) is 5.76 Å². The maximum absolute atomic E-state index is 13.3. The standard InChI is InChI=1S/C20H11ClFN3O4S/c21-15-9-12(4-6-16(15)22)23-20-24-19(26)18(30-20)10-14-5-7-17(29-14)11-2-1-3-13(8-11)25(27)28/h1-10H,(H,23,24,26)/b18-10+. The van der Waals surface area contributed by atoms with E-state index in [1.807, 2.05) is 0 Å². The highest BCUT2D eigenvalue weighted by molar-refractivity contribution is 8.18. The lowest BCUT2D eigenvalue weighted by atomic mass is 10.1. The lowest BCUT2D eigenvalue weighted by Crippen LogP contribution is -2.19. The van der Waals surface area contributed by atoms with Crippen molar-refractivity contribution in [1.82, 2.24) is 5.32 Å². The topological polar surface area (TPSA) is 97.7 Å². The van der Waals surface area contributed by atoms with E-state index >= 15 is 0 Å². The molecule has 3 aromatic rings. The van der Waals surface area contributed by atoms with Crippen molar-refractivity contribution >= 4 is 51.9 Å². The number of furan rings is 1. The zero-order chi connectivity index (χ0) is 21.3. The van der Waals surface area contributed by atoms with Crippen LogP contribution in [-0.4, -0.2) is 16.0 Å². The number of aliphatic imine (C=N–C) groups is 1. The number of benzene rings is 2. The summed E-state index contributed by atoms with van der Waals surface area (Å²) in [7, 11) is 0. The first-order valence-corrected chi connectivity index (χ1v) is 9.68. The molecule has 0 saturated carbocycles. The lowest BCUT2D eigenvalue weighted by Gasteiger charge is -1.98. The van der Waals surface area contributed by atoms with Crippen molar-refractivity contribution in [1.29, 1.82) is 0 Å². The first kappa shape index (κ1) is 19.9. The quantitative estimate of drug-likeness (QED) is 0.324. The molecule has 1 amide bonds. The molecule has 7 nitrogen and oxygen atoms in total. The fourth-order valence-electron chi connectivity index (χ4n) is 2.64. The van der Waals surface area contributed by atoms with E-state index in [-0.39, 0.29) is 16.6 Å². The fourth-order valence-corrected chi connectivity index (χ4v) is 3.64. The van der Waals surface area contributed by atoms with Gasteiger partial charge in [-0.2, -0.15) is 0 Å². The van der Waals surface area contributed by atoms with Gasteiger partial charge in [0.1, 0.15) is 17.3 Å². The van der Waals surface area contributed by atoms with Crippen LogP contribution in [-0.2, 0) is 4.79 Å². The van der Waals surface area contributed by atoms with E-state index in [0.717, 1.165) is 11.8 Å². The number of carbonyl (C=O) groups excluding carboxylic acids is 1. The Morgan fingerprint density at radius 2 is 2.03 bits per heavy atom. The van der Waals surface area contributed by atoms with E-state index in [9.17, 15) is 19.3 Å². The number of nitro benzene ring substituents is 1. The zero-order valence-corrected chi connectivity index (χ0v) is 16.5. The summed E-state index contributed by atoms with van der Waals surface area (Å²) in [6.45, 7) is 0. The molecule has 2 heterocycles. The first-order chi connectivity index (χ1) is 14.4. The number of amidine groups is 1. The third-order valence-corrected chi connectivity index (χ3v) is 5.23. The second-order valence-electron chi connectivity index (χ2n) is 6.09. The van der Waals surface area contributed by atoms with Crippen LogP contribution in [0.2, 0.25) is 5.02 Å². The Morgan fingerprint density at radius 3 is 2.80 bits per heavy atom. The largest absolute Gasteiger partial charge is 0.457 e. The van der Waals surface area contributed by atoms with Gasteiger partial charge in [0.15, 0.2) is 5.17 Å². The SMILES string of the molecule is O=C1NC(=Nc2ccc(F)c(Cl)c2)S/C1=C/c1ccc(-c2cccc([N+](=O)[O-])c2)o1. The molecule has 0 unspecified atom stereocenters. The van der Waals surface area contributed by atoms with Crippen molar-refractivity contribution in [3.63, 3.8) is 0 Å². The van der Waals surface area contributed by atoms with Crippen LogP contribution in [0.25, 0.3) is 17.4 Å². The number of hydrogen-bond acceptors (Lipinski definition) is 6. The van der Waals surface area contributed by atoms with Crippen LogP contribution >= 0.6 is 23.4 Å². The van der Waals surface area contributed by atoms with Gasteiger partial charge in [0.2, 0.25) is 0 Å². The average Bonchev–Trinajstić information content (AvgIpc) is 3.32. The number of nitrogens with one attached hydrogen (secondary N) is 1. The number of nitro groups is 1. The zero-order valence-electron chi connectivity index (χ0n) is 15.0. The maximum Gasteiger partial charge on any atom is 0.270 e. The number of carbonyl (C=O) groups is 1. The minimum atomic E-state index is -0.554. The second kappa shape index (κ2) is 8.13. The summed E-state index contributed by atoms with van der Waals surface area (Å²) in [5, 5.41) is 13.8. The van der Waals surface area contributed by atoms with Crippen LogP contribution in [0.4, 0.5) is 15.8 Å². The smallest absolute Gasteiger partial charge is 0.270 e. The third-order valence-electron chi connectivity index (χ3n) is 4.03. The molecule has 1 saturated heterocycles. The van der Waals surface area contributed by atoms with Gasteiger partial charge in [0, 0.05) is 23.8 Å². The summed E-state index contributed by atoms with van der Waals surface area (Å²) < 4.78 is 19.0. The van der Waals surface area contributed by atoms with E-state index in [0.29, 0.717) is 32.8 Å². The predicted molar refractivity (Wildman–Crippen MR) is 113 cm³/mol. The van der Waals surface area contributed by atoms with E-state index in [4.69, 9.17) is 16.0 Å². The lowest BCUT2D eigenvalue weighted by molar-refractivity contribution is -0.384. The molecule has 10 heteroatoms. The Morgan fingerprint density at radius 1 is 1.20 bits per heavy atom. The van der Waals surface area contributed by atoms with Crippen LogP contribution in [0.5, 0.6) is 0 Å².